The van der Waals surface area contributed by atoms with Crippen molar-refractivity contribution in [3.05, 3.63) is 17.2 Å². The molecule has 1 aliphatic rings. The van der Waals surface area contributed by atoms with Gasteiger partial charge in [-0.25, -0.2) is 4.98 Å². The van der Waals surface area contributed by atoms with Crippen molar-refractivity contribution in [3.63, 3.8) is 0 Å². The summed E-state index contributed by atoms with van der Waals surface area (Å²) < 4.78 is 0. The van der Waals surface area contributed by atoms with E-state index in [2.05, 4.69) is 30.7 Å². The van der Waals surface area contributed by atoms with Crippen molar-refractivity contribution in [3.8, 4) is 0 Å². The largest absolute Gasteiger partial charge is 0.345 e. The molecule has 0 radical (unpaired) electrons. The van der Waals surface area contributed by atoms with Gasteiger partial charge in [-0.05, 0) is 12.8 Å². The number of aromatic nitrogens is 2. The van der Waals surface area contributed by atoms with E-state index in [0.717, 1.165) is 25.1 Å². The summed E-state index contributed by atoms with van der Waals surface area (Å²) in [4.78, 5) is 8.06. The fraction of sp³-hybridized carbons (Fsp3) is 0.727. The summed E-state index contributed by atoms with van der Waals surface area (Å²) in [7, 11) is 0. The molecule has 3 nitrogen and oxygen atoms in total. The van der Waals surface area contributed by atoms with Gasteiger partial charge in [0.15, 0.2) is 0 Å². The quantitative estimate of drug-likeness (QED) is 0.656. The average Bonchev–Trinajstić information content (AvgIpc) is 2.45. The van der Waals surface area contributed by atoms with E-state index >= 15 is 0 Å². The molecule has 0 saturated carbocycles. The Balaban J connectivity index is 2.32. The van der Waals surface area contributed by atoms with E-state index < -0.39 is 0 Å². The number of fused-ring (bicyclic) bond motifs is 1. The van der Waals surface area contributed by atoms with Gasteiger partial charge in [-0.1, -0.05) is 20.8 Å². The van der Waals surface area contributed by atoms with E-state index in [0.29, 0.717) is 6.04 Å². The number of nitrogens with two attached hydrogens (primary N) is 1. The summed E-state index contributed by atoms with van der Waals surface area (Å²) in [6.07, 6.45) is 3.06. The first-order valence-corrected chi connectivity index (χ1v) is 5.30. The Morgan fingerprint density at radius 3 is 2.79 bits per heavy atom. The van der Waals surface area contributed by atoms with E-state index in [1.165, 1.54) is 11.4 Å². The SMILES string of the molecule is CC(C)(C)c1nc2c([nH]1)C[C@H](N)CC2. The zero-order chi connectivity index (χ0) is 10.3. The molecule has 1 heterocycles. The Labute approximate surface area is 85.1 Å². The molecule has 78 valence electrons. The summed E-state index contributed by atoms with van der Waals surface area (Å²) in [5.41, 5.74) is 8.52. The van der Waals surface area contributed by atoms with Crippen molar-refractivity contribution in [2.75, 3.05) is 0 Å². The molecule has 0 unspecified atom stereocenters. The van der Waals surface area contributed by atoms with Crippen LogP contribution in [0.3, 0.4) is 0 Å². The topological polar surface area (TPSA) is 54.7 Å². The molecule has 0 fully saturated rings. The third-order valence-corrected chi connectivity index (χ3v) is 2.79. The minimum atomic E-state index is 0.113. The third kappa shape index (κ3) is 1.69. The minimum absolute atomic E-state index is 0.113. The van der Waals surface area contributed by atoms with Gasteiger partial charge in [0.05, 0.1) is 5.69 Å². The van der Waals surface area contributed by atoms with E-state index in [-0.39, 0.29) is 5.41 Å². The van der Waals surface area contributed by atoms with Crippen molar-refractivity contribution in [2.24, 2.45) is 5.73 Å². The highest BCUT2D eigenvalue weighted by Crippen LogP contribution is 2.24. The predicted molar refractivity (Wildman–Crippen MR) is 57.3 cm³/mol. The maximum absolute atomic E-state index is 5.92. The van der Waals surface area contributed by atoms with Crippen molar-refractivity contribution >= 4 is 0 Å². The second kappa shape index (κ2) is 3.09. The molecule has 1 atom stereocenters. The van der Waals surface area contributed by atoms with Crippen LogP contribution >= 0.6 is 0 Å². The zero-order valence-corrected chi connectivity index (χ0v) is 9.22. The first-order chi connectivity index (χ1) is 6.47. The van der Waals surface area contributed by atoms with E-state index in [1.807, 2.05) is 0 Å². The molecule has 2 rings (SSSR count). The first-order valence-electron chi connectivity index (χ1n) is 5.30. The molecule has 0 aliphatic heterocycles. The fourth-order valence-electron chi connectivity index (χ4n) is 1.86. The smallest absolute Gasteiger partial charge is 0.111 e. The normalized spacial score (nSPS) is 22.1. The Morgan fingerprint density at radius 2 is 2.14 bits per heavy atom. The number of hydrogen-bond donors (Lipinski definition) is 2. The van der Waals surface area contributed by atoms with Crippen LogP contribution in [0, 0.1) is 0 Å². The highest BCUT2D eigenvalue weighted by atomic mass is 15.0. The van der Waals surface area contributed by atoms with Crippen molar-refractivity contribution < 1.29 is 0 Å². The van der Waals surface area contributed by atoms with Gasteiger partial charge in [-0.15, -0.1) is 0 Å². The van der Waals surface area contributed by atoms with Crippen LogP contribution in [-0.4, -0.2) is 16.0 Å². The maximum atomic E-state index is 5.92. The van der Waals surface area contributed by atoms with Gasteiger partial charge in [0, 0.05) is 23.6 Å². The van der Waals surface area contributed by atoms with Gasteiger partial charge < -0.3 is 10.7 Å². The van der Waals surface area contributed by atoms with Gasteiger partial charge in [0.2, 0.25) is 0 Å². The number of nitrogens with one attached hydrogen (secondary N) is 1. The summed E-state index contributed by atoms with van der Waals surface area (Å²) >= 11 is 0. The Kier molecular flexibility index (Phi) is 2.14. The standard InChI is InChI=1S/C11H19N3/c1-11(2,3)10-13-8-5-4-7(12)6-9(8)14-10/h7H,4-6,12H2,1-3H3,(H,13,14)/t7-/m1/s1. The second-order valence-corrected chi connectivity index (χ2v) is 5.26. The van der Waals surface area contributed by atoms with Crippen LogP contribution in [0.5, 0.6) is 0 Å². The van der Waals surface area contributed by atoms with Crippen LogP contribution in [0.2, 0.25) is 0 Å². The summed E-state index contributed by atoms with van der Waals surface area (Å²) in [5.74, 6) is 1.09. The van der Waals surface area contributed by atoms with Crippen LogP contribution in [0.1, 0.15) is 44.4 Å². The van der Waals surface area contributed by atoms with Gasteiger partial charge in [0.1, 0.15) is 5.82 Å². The Morgan fingerprint density at radius 1 is 1.43 bits per heavy atom. The highest BCUT2D eigenvalue weighted by molar-refractivity contribution is 5.22. The number of hydrogen-bond acceptors (Lipinski definition) is 2. The van der Waals surface area contributed by atoms with E-state index in [1.54, 1.807) is 0 Å². The number of imidazole rings is 1. The first kappa shape index (κ1) is 9.71. The van der Waals surface area contributed by atoms with Crippen LogP contribution in [-0.2, 0) is 18.3 Å². The molecule has 14 heavy (non-hydrogen) atoms. The van der Waals surface area contributed by atoms with Gasteiger partial charge in [0.25, 0.3) is 0 Å². The van der Waals surface area contributed by atoms with Gasteiger partial charge >= 0.3 is 0 Å². The lowest BCUT2D eigenvalue weighted by molar-refractivity contribution is 0.550. The second-order valence-electron chi connectivity index (χ2n) is 5.26. The molecule has 0 bridgehead atoms. The number of H-pyrrole nitrogens is 1. The van der Waals surface area contributed by atoms with Crippen molar-refractivity contribution in [1.82, 2.24) is 9.97 Å². The number of aromatic amines is 1. The molecular weight excluding hydrogens is 174 g/mol. The molecule has 1 aromatic rings. The molecular formula is C11H19N3. The fourth-order valence-corrected chi connectivity index (χ4v) is 1.86. The number of aryl methyl sites for hydroxylation is 1. The van der Waals surface area contributed by atoms with Crippen LogP contribution < -0.4 is 5.73 Å². The zero-order valence-electron chi connectivity index (χ0n) is 9.22. The average molecular weight is 193 g/mol. The number of rotatable bonds is 0. The highest BCUT2D eigenvalue weighted by Gasteiger charge is 2.24. The minimum Gasteiger partial charge on any atom is -0.345 e. The molecule has 0 amide bonds. The molecule has 0 aromatic carbocycles. The Hall–Kier alpha value is -0.830. The molecule has 1 aliphatic carbocycles. The summed E-state index contributed by atoms with van der Waals surface area (Å²) in [6, 6.07) is 0.316. The van der Waals surface area contributed by atoms with Gasteiger partial charge in [-0.2, -0.15) is 0 Å². The summed E-state index contributed by atoms with van der Waals surface area (Å²) in [5, 5.41) is 0. The monoisotopic (exact) mass is 193 g/mol. The summed E-state index contributed by atoms with van der Waals surface area (Å²) in [6.45, 7) is 6.53. The molecule has 1 aromatic heterocycles. The van der Waals surface area contributed by atoms with Crippen LogP contribution in [0.15, 0.2) is 0 Å². The van der Waals surface area contributed by atoms with Crippen LogP contribution in [0.25, 0.3) is 0 Å². The van der Waals surface area contributed by atoms with Crippen molar-refractivity contribution in [1.29, 1.82) is 0 Å². The van der Waals surface area contributed by atoms with E-state index in [9.17, 15) is 0 Å². The van der Waals surface area contributed by atoms with E-state index in [4.69, 9.17) is 5.73 Å². The third-order valence-electron chi connectivity index (χ3n) is 2.79. The molecule has 0 spiro atoms. The van der Waals surface area contributed by atoms with Crippen molar-refractivity contribution in [2.45, 2.75) is 51.5 Å². The molecule has 3 heteroatoms. The molecule has 3 N–H and O–H groups in total. The lowest BCUT2D eigenvalue weighted by Gasteiger charge is -2.16. The van der Waals surface area contributed by atoms with Gasteiger partial charge in [-0.3, -0.25) is 0 Å². The number of nitrogens with zero attached hydrogens (tertiary/aromatic N) is 1. The maximum Gasteiger partial charge on any atom is 0.111 e. The predicted octanol–water partition coefficient (Wildman–Crippen LogP) is 1.52. The van der Waals surface area contributed by atoms with Crippen LogP contribution in [0.4, 0.5) is 0 Å². The molecule has 0 saturated heterocycles. The lowest BCUT2D eigenvalue weighted by Crippen LogP contribution is -2.27. The Bertz CT molecular complexity index is 333. The lowest BCUT2D eigenvalue weighted by atomic mass is 9.96.